The van der Waals surface area contributed by atoms with E-state index < -0.39 is 28.6 Å². The number of benzene rings is 2. The van der Waals surface area contributed by atoms with Crippen LogP contribution >= 0.6 is 11.6 Å². The molecule has 2 fully saturated rings. The number of hydrogen-bond donors (Lipinski definition) is 2. The summed E-state index contributed by atoms with van der Waals surface area (Å²) < 4.78 is 33.1. The highest BCUT2D eigenvalue weighted by molar-refractivity contribution is 6.30. The van der Waals surface area contributed by atoms with Crippen molar-refractivity contribution < 1.29 is 22.8 Å². The minimum atomic E-state index is -0.787. The first-order chi connectivity index (χ1) is 19.4. The minimum absolute atomic E-state index is 0.0337. The topological polar surface area (TPSA) is 74.6 Å². The lowest BCUT2D eigenvalue weighted by Gasteiger charge is -2.58. The second-order valence-electron chi connectivity index (χ2n) is 12.3. The van der Waals surface area contributed by atoms with E-state index >= 15 is 0 Å². The van der Waals surface area contributed by atoms with Gasteiger partial charge in [-0.3, -0.25) is 14.5 Å². The molecule has 0 spiro atoms. The zero-order chi connectivity index (χ0) is 29.4. The Hall–Kier alpha value is -3.23. The van der Waals surface area contributed by atoms with Crippen LogP contribution in [-0.4, -0.2) is 40.9 Å². The van der Waals surface area contributed by atoms with Gasteiger partial charge in [-0.15, -0.1) is 0 Å². The smallest absolute Gasteiger partial charge is 0.255 e. The Morgan fingerprint density at radius 1 is 1.05 bits per heavy atom. The second-order valence-corrected chi connectivity index (χ2v) is 12.8. The summed E-state index contributed by atoms with van der Waals surface area (Å²) in [4.78, 5) is 29.3. The lowest BCUT2D eigenvalue weighted by molar-refractivity contribution is -0.128. The maximum atomic E-state index is 14.3. The van der Waals surface area contributed by atoms with Gasteiger partial charge in [-0.05, 0) is 69.5 Å². The number of carbonyl (C=O) groups excluding carboxylic acids is 2. The van der Waals surface area contributed by atoms with Crippen molar-refractivity contribution >= 4 is 23.4 Å². The summed E-state index contributed by atoms with van der Waals surface area (Å²) in [5, 5.41) is 6.82. The van der Waals surface area contributed by atoms with Gasteiger partial charge in [0.1, 0.15) is 23.7 Å². The summed E-state index contributed by atoms with van der Waals surface area (Å²) in [6.07, 6.45) is 7.06. The van der Waals surface area contributed by atoms with Gasteiger partial charge in [-0.1, -0.05) is 43.0 Å². The van der Waals surface area contributed by atoms with Gasteiger partial charge < -0.3 is 15.1 Å². The van der Waals surface area contributed by atoms with Crippen LogP contribution in [0.3, 0.4) is 0 Å². The van der Waals surface area contributed by atoms with E-state index in [1.54, 1.807) is 6.07 Å². The minimum Gasteiger partial charge on any atom is -0.463 e. The molecule has 0 unspecified atom stereocenters. The standard InChI is InChI=1S/C32H36ClF2N3O3/c1-30(2,22-8-7-9-23(33)15-22)36-28(39)17-32(19-38(20-32)31(3)12-5-4-6-13-31)37-29(40)21-14-27(41-18-21)25-11-10-24(34)16-26(25)35/h7-11,14-16,18H,4-6,12-13,17,19-20H2,1-3H3,(H,36,39)(H,37,40). The van der Waals surface area contributed by atoms with Crippen LogP contribution in [0.5, 0.6) is 0 Å². The predicted molar refractivity (Wildman–Crippen MR) is 155 cm³/mol. The largest absolute Gasteiger partial charge is 0.463 e. The second kappa shape index (κ2) is 11.2. The lowest BCUT2D eigenvalue weighted by atomic mass is 9.75. The van der Waals surface area contributed by atoms with Crippen molar-refractivity contribution in [2.24, 2.45) is 0 Å². The van der Waals surface area contributed by atoms with Crippen LogP contribution in [0, 0.1) is 11.6 Å². The maximum absolute atomic E-state index is 14.3. The first-order valence-corrected chi connectivity index (χ1v) is 14.4. The Morgan fingerprint density at radius 2 is 1.78 bits per heavy atom. The fourth-order valence-corrected chi connectivity index (χ4v) is 6.37. The number of nitrogens with zero attached hydrogens (tertiary/aromatic N) is 1. The molecular formula is C32H36ClF2N3O3. The van der Waals surface area contributed by atoms with Crippen molar-refractivity contribution in [3.63, 3.8) is 0 Å². The Balaban J connectivity index is 1.33. The summed E-state index contributed by atoms with van der Waals surface area (Å²) >= 11 is 6.19. The average Bonchev–Trinajstić information content (AvgIpc) is 3.37. The molecule has 5 rings (SSSR count). The van der Waals surface area contributed by atoms with Crippen molar-refractivity contribution in [2.75, 3.05) is 13.1 Å². The third kappa shape index (κ3) is 6.33. The fraction of sp³-hybridized carbons (Fsp3) is 0.438. The number of rotatable bonds is 8. The number of amides is 2. The van der Waals surface area contributed by atoms with E-state index in [0.717, 1.165) is 30.5 Å². The normalized spacial score (nSPS) is 18.4. The third-order valence-electron chi connectivity index (χ3n) is 8.62. The number of hydrogen-bond acceptors (Lipinski definition) is 4. The van der Waals surface area contributed by atoms with Gasteiger partial charge in [-0.25, -0.2) is 8.78 Å². The van der Waals surface area contributed by atoms with Crippen molar-refractivity contribution in [2.45, 2.75) is 75.9 Å². The van der Waals surface area contributed by atoms with Crippen molar-refractivity contribution in [1.82, 2.24) is 15.5 Å². The molecule has 1 saturated heterocycles. The van der Waals surface area contributed by atoms with E-state index in [1.807, 2.05) is 32.0 Å². The Kier molecular flexibility index (Phi) is 8.01. The van der Waals surface area contributed by atoms with Crippen LogP contribution in [-0.2, 0) is 10.3 Å². The van der Waals surface area contributed by atoms with Gasteiger partial charge >= 0.3 is 0 Å². The first-order valence-electron chi connectivity index (χ1n) is 14.1. The SMILES string of the molecule is CC(C)(NC(=O)CC1(NC(=O)c2coc(-c3ccc(F)cc3F)c2)CN(C2(C)CCCCC2)C1)c1cccc(Cl)c1. The van der Waals surface area contributed by atoms with Crippen LogP contribution in [0.1, 0.15) is 75.2 Å². The predicted octanol–water partition coefficient (Wildman–Crippen LogP) is 6.83. The van der Waals surface area contributed by atoms with E-state index in [4.69, 9.17) is 16.0 Å². The highest BCUT2D eigenvalue weighted by atomic mass is 35.5. The van der Waals surface area contributed by atoms with E-state index in [0.29, 0.717) is 18.1 Å². The molecule has 218 valence electrons. The molecule has 41 heavy (non-hydrogen) atoms. The van der Waals surface area contributed by atoms with Crippen molar-refractivity contribution in [1.29, 1.82) is 0 Å². The molecule has 2 aliphatic rings. The van der Waals surface area contributed by atoms with Gasteiger partial charge in [-0.2, -0.15) is 0 Å². The van der Waals surface area contributed by atoms with Crippen LogP contribution in [0.2, 0.25) is 5.02 Å². The Morgan fingerprint density at radius 3 is 2.46 bits per heavy atom. The van der Waals surface area contributed by atoms with Crippen LogP contribution < -0.4 is 10.6 Å². The van der Waals surface area contributed by atoms with E-state index in [1.165, 1.54) is 37.7 Å². The highest BCUT2D eigenvalue weighted by Crippen LogP contribution is 2.40. The quantitative estimate of drug-likeness (QED) is 0.305. The van der Waals surface area contributed by atoms with Gasteiger partial charge in [0.05, 0.1) is 28.6 Å². The summed E-state index contributed by atoms with van der Waals surface area (Å²) in [5.74, 6) is -1.97. The summed E-state index contributed by atoms with van der Waals surface area (Å²) in [7, 11) is 0. The molecule has 9 heteroatoms. The van der Waals surface area contributed by atoms with Crippen molar-refractivity contribution in [3.05, 3.63) is 82.6 Å². The highest BCUT2D eigenvalue weighted by Gasteiger charge is 2.52. The molecule has 1 aliphatic heterocycles. The van der Waals surface area contributed by atoms with Crippen LogP contribution in [0.25, 0.3) is 11.3 Å². The zero-order valence-corrected chi connectivity index (χ0v) is 24.4. The molecule has 2 heterocycles. The number of furan rings is 1. The molecule has 1 saturated carbocycles. The van der Waals surface area contributed by atoms with Gasteiger partial charge in [0.2, 0.25) is 5.91 Å². The monoisotopic (exact) mass is 583 g/mol. The average molecular weight is 584 g/mol. The van der Waals surface area contributed by atoms with Gasteiger partial charge in [0.15, 0.2) is 0 Å². The van der Waals surface area contributed by atoms with Gasteiger partial charge in [0.25, 0.3) is 5.91 Å². The number of carbonyl (C=O) groups is 2. The number of nitrogens with one attached hydrogen (secondary N) is 2. The molecule has 2 N–H and O–H groups in total. The van der Waals surface area contributed by atoms with Crippen LogP contribution in [0.15, 0.2) is 59.2 Å². The van der Waals surface area contributed by atoms with E-state index in [9.17, 15) is 18.4 Å². The molecule has 1 aromatic heterocycles. The fourth-order valence-electron chi connectivity index (χ4n) is 6.18. The van der Waals surface area contributed by atoms with E-state index in [-0.39, 0.29) is 34.8 Å². The maximum Gasteiger partial charge on any atom is 0.255 e. The molecule has 2 aromatic carbocycles. The molecule has 3 aromatic rings. The Bertz CT molecular complexity index is 1440. The molecular weight excluding hydrogens is 548 g/mol. The third-order valence-corrected chi connectivity index (χ3v) is 8.85. The summed E-state index contributed by atoms with van der Waals surface area (Å²) in [6.45, 7) is 7.17. The zero-order valence-electron chi connectivity index (χ0n) is 23.7. The Labute approximate surface area is 244 Å². The summed E-state index contributed by atoms with van der Waals surface area (Å²) in [5.41, 5.74) is -0.297. The van der Waals surface area contributed by atoms with Gasteiger partial charge in [0, 0.05) is 29.7 Å². The van der Waals surface area contributed by atoms with Crippen molar-refractivity contribution in [3.8, 4) is 11.3 Å². The molecule has 1 aliphatic carbocycles. The lowest BCUT2D eigenvalue weighted by Crippen LogP contribution is -2.75. The number of halogens is 3. The molecule has 0 radical (unpaired) electrons. The van der Waals surface area contributed by atoms with Crippen LogP contribution in [0.4, 0.5) is 8.78 Å². The van der Waals surface area contributed by atoms with E-state index in [2.05, 4.69) is 22.5 Å². The molecule has 0 bridgehead atoms. The number of likely N-dealkylation sites (tertiary alicyclic amines) is 1. The first kappa shape index (κ1) is 29.3. The molecule has 0 atom stereocenters. The summed E-state index contributed by atoms with van der Waals surface area (Å²) in [6, 6.07) is 12.0. The molecule has 2 amide bonds. The molecule has 6 nitrogen and oxygen atoms in total.